The van der Waals surface area contributed by atoms with Crippen molar-refractivity contribution in [2.75, 3.05) is 7.05 Å². The summed E-state index contributed by atoms with van der Waals surface area (Å²) in [5, 5.41) is 6.53. The van der Waals surface area contributed by atoms with Crippen molar-refractivity contribution in [1.82, 2.24) is 25.2 Å². The Labute approximate surface area is 154 Å². The fourth-order valence-electron chi connectivity index (χ4n) is 2.13. The number of guanidine groups is 1. The maximum Gasteiger partial charge on any atom is 0.191 e. The van der Waals surface area contributed by atoms with Gasteiger partial charge in [-0.3, -0.25) is 9.98 Å². The zero-order valence-electron chi connectivity index (χ0n) is 13.9. The summed E-state index contributed by atoms with van der Waals surface area (Å²) in [5.41, 5.74) is 0.978. The molecule has 23 heavy (non-hydrogen) atoms. The molecule has 2 aromatic rings. The first-order chi connectivity index (χ1) is 10.7. The molecule has 0 bridgehead atoms. The Hall–Kier alpha value is -1.64. The molecule has 7 heteroatoms. The molecule has 0 radical (unpaired) electrons. The molecule has 2 heterocycles. The van der Waals surface area contributed by atoms with Gasteiger partial charge in [0, 0.05) is 32.2 Å². The molecule has 2 aromatic heterocycles. The van der Waals surface area contributed by atoms with Crippen LogP contribution >= 0.6 is 24.0 Å². The Morgan fingerprint density at radius 1 is 1.17 bits per heavy atom. The molecule has 0 amide bonds. The summed E-state index contributed by atoms with van der Waals surface area (Å²) < 4.78 is 2.17. The van der Waals surface area contributed by atoms with Crippen LogP contribution in [0, 0.1) is 5.92 Å². The predicted octanol–water partition coefficient (Wildman–Crippen LogP) is 2.42. The fourth-order valence-corrected chi connectivity index (χ4v) is 2.13. The van der Waals surface area contributed by atoms with E-state index in [0.29, 0.717) is 19.0 Å². The molecule has 6 nitrogen and oxygen atoms in total. The second kappa shape index (κ2) is 10.2. The smallest absolute Gasteiger partial charge is 0.191 e. The molecular formula is C16H25IN6. The SMILES string of the molecule is CN=C(NCc1ccccn1)NCc1nccn1CC(C)C.I. The van der Waals surface area contributed by atoms with E-state index in [-0.39, 0.29) is 24.0 Å². The number of pyridine rings is 1. The highest BCUT2D eigenvalue weighted by Crippen LogP contribution is 2.03. The maximum atomic E-state index is 4.40. The summed E-state index contributed by atoms with van der Waals surface area (Å²) in [4.78, 5) is 12.9. The van der Waals surface area contributed by atoms with Crippen LogP contribution in [0.5, 0.6) is 0 Å². The lowest BCUT2D eigenvalue weighted by Gasteiger charge is -2.13. The second-order valence-electron chi connectivity index (χ2n) is 5.49. The van der Waals surface area contributed by atoms with Gasteiger partial charge in [-0.1, -0.05) is 19.9 Å². The van der Waals surface area contributed by atoms with E-state index in [0.717, 1.165) is 24.0 Å². The zero-order chi connectivity index (χ0) is 15.8. The molecule has 0 aromatic carbocycles. The number of hydrogen-bond donors (Lipinski definition) is 2. The standard InChI is InChI=1S/C16H24N6.HI/c1-13(2)12-22-9-8-19-15(22)11-21-16(17-3)20-10-14-6-4-5-7-18-14;/h4-9,13H,10-12H2,1-3H3,(H2,17,20,21);1H. The van der Waals surface area contributed by atoms with Crippen LogP contribution in [0.1, 0.15) is 25.4 Å². The number of halogens is 1. The molecule has 0 unspecified atom stereocenters. The molecular weight excluding hydrogens is 403 g/mol. The van der Waals surface area contributed by atoms with Gasteiger partial charge in [0.2, 0.25) is 0 Å². The maximum absolute atomic E-state index is 4.40. The van der Waals surface area contributed by atoms with Gasteiger partial charge < -0.3 is 15.2 Å². The first kappa shape index (κ1) is 19.4. The van der Waals surface area contributed by atoms with Crippen LogP contribution < -0.4 is 10.6 Å². The Kier molecular flexibility index (Phi) is 8.60. The lowest BCUT2D eigenvalue weighted by Crippen LogP contribution is -2.37. The van der Waals surface area contributed by atoms with E-state index in [9.17, 15) is 0 Å². The van der Waals surface area contributed by atoms with E-state index in [1.54, 1.807) is 13.2 Å². The van der Waals surface area contributed by atoms with Crippen LogP contribution in [0.4, 0.5) is 0 Å². The molecule has 0 saturated carbocycles. The van der Waals surface area contributed by atoms with E-state index in [4.69, 9.17) is 0 Å². The topological polar surface area (TPSA) is 67.1 Å². The number of imidazole rings is 1. The molecule has 126 valence electrons. The molecule has 0 aliphatic carbocycles. The van der Waals surface area contributed by atoms with Gasteiger partial charge in [-0.25, -0.2) is 4.98 Å². The average Bonchev–Trinajstić information content (AvgIpc) is 2.95. The van der Waals surface area contributed by atoms with Gasteiger partial charge in [0.25, 0.3) is 0 Å². The highest BCUT2D eigenvalue weighted by molar-refractivity contribution is 14.0. The molecule has 2 N–H and O–H groups in total. The van der Waals surface area contributed by atoms with Gasteiger partial charge in [0.05, 0.1) is 18.8 Å². The van der Waals surface area contributed by atoms with Gasteiger partial charge in [0.15, 0.2) is 5.96 Å². The Bertz CT molecular complexity index is 594. The van der Waals surface area contributed by atoms with E-state index >= 15 is 0 Å². The summed E-state index contributed by atoms with van der Waals surface area (Å²) in [6, 6.07) is 5.86. The summed E-state index contributed by atoms with van der Waals surface area (Å²) in [6.07, 6.45) is 5.64. The Morgan fingerprint density at radius 2 is 1.96 bits per heavy atom. The average molecular weight is 428 g/mol. The van der Waals surface area contributed by atoms with Crippen LogP contribution in [-0.4, -0.2) is 27.5 Å². The summed E-state index contributed by atoms with van der Waals surface area (Å²) in [7, 11) is 1.76. The predicted molar refractivity (Wildman–Crippen MR) is 104 cm³/mol. The van der Waals surface area contributed by atoms with E-state index in [1.165, 1.54) is 0 Å². The molecule has 2 rings (SSSR count). The number of hydrogen-bond acceptors (Lipinski definition) is 3. The van der Waals surface area contributed by atoms with Gasteiger partial charge in [0.1, 0.15) is 5.82 Å². The van der Waals surface area contributed by atoms with Crippen molar-refractivity contribution < 1.29 is 0 Å². The van der Waals surface area contributed by atoms with Crippen LogP contribution in [-0.2, 0) is 19.6 Å². The quantitative estimate of drug-likeness (QED) is 0.422. The second-order valence-corrected chi connectivity index (χ2v) is 5.49. The zero-order valence-corrected chi connectivity index (χ0v) is 16.2. The monoisotopic (exact) mass is 428 g/mol. The number of aliphatic imine (C=N–C) groups is 1. The fraction of sp³-hybridized carbons (Fsp3) is 0.438. The molecule has 0 saturated heterocycles. The first-order valence-electron chi connectivity index (χ1n) is 7.53. The van der Waals surface area contributed by atoms with Crippen molar-refractivity contribution in [2.24, 2.45) is 10.9 Å². The number of nitrogens with one attached hydrogen (secondary N) is 2. The normalized spacial score (nSPS) is 11.2. The third-order valence-electron chi connectivity index (χ3n) is 3.16. The largest absolute Gasteiger partial charge is 0.351 e. The highest BCUT2D eigenvalue weighted by Gasteiger charge is 2.06. The van der Waals surface area contributed by atoms with Crippen molar-refractivity contribution in [2.45, 2.75) is 33.5 Å². The molecule has 0 atom stereocenters. The summed E-state index contributed by atoms with van der Waals surface area (Å²) in [6.45, 7) is 6.65. The molecule has 0 spiro atoms. The van der Waals surface area contributed by atoms with Crippen molar-refractivity contribution in [3.05, 3.63) is 48.3 Å². The number of aromatic nitrogens is 3. The molecule has 0 aliphatic heterocycles. The Balaban J connectivity index is 0.00000264. The van der Waals surface area contributed by atoms with Gasteiger partial charge in [-0.05, 0) is 18.1 Å². The number of nitrogens with zero attached hydrogens (tertiary/aromatic N) is 4. The van der Waals surface area contributed by atoms with Crippen LogP contribution in [0.2, 0.25) is 0 Å². The van der Waals surface area contributed by atoms with Crippen LogP contribution in [0.3, 0.4) is 0 Å². The minimum atomic E-state index is 0. The van der Waals surface area contributed by atoms with Gasteiger partial charge in [-0.2, -0.15) is 0 Å². The van der Waals surface area contributed by atoms with E-state index in [1.807, 2.05) is 30.6 Å². The lowest BCUT2D eigenvalue weighted by molar-refractivity contribution is 0.503. The lowest BCUT2D eigenvalue weighted by atomic mass is 10.2. The van der Waals surface area contributed by atoms with E-state index < -0.39 is 0 Å². The van der Waals surface area contributed by atoms with Crippen molar-refractivity contribution in [1.29, 1.82) is 0 Å². The third kappa shape index (κ3) is 6.55. The molecule has 0 aliphatic rings. The number of rotatable bonds is 6. The Morgan fingerprint density at radius 3 is 2.61 bits per heavy atom. The van der Waals surface area contributed by atoms with Gasteiger partial charge in [-0.15, -0.1) is 24.0 Å². The molecule has 0 fully saturated rings. The van der Waals surface area contributed by atoms with Gasteiger partial charge >= 0.3 is 0 Å². The minimum Gasteiger partial charge on any atom is -0.351 e. The highest BCUT2D eigenvalue weighted by atomic mass is 127. The van der Waals surface area contributed by atoms with Crippen molar-refractivity contribution >= 4 is 29.9 Å². The van der Waals surface area contributed by atoms with Crippen LogP contribution in [0.15, 0.2) is 41.8 Å². The third-order valence-corrected chi connectivity index (χ3v) is 3.16. The summed E-state index contributed by atoms with van der Waals surface area (Å²) >= 11 is 0. The van der Waals surface area contributed by atoms with E-state index in [2.05, 4.69) is 44.0 Å². The van der Waals surface area contributed by atoms with Crippen molar-refractivity contribution in [3.63, 3.8) is 0 Å². The first-order valence-corrected chi connectivity index (χ1v) is 7.53. The van der Waals surface area contributed by atoms with Crippen molar-refractivity contribution in [3.8, 4) is 0 Å². The summed E-state index contributed by atoms with van der Waals surface area (Å²) in [5.74, 6) is 2.34. The van der Waals surface area contributed by atoms with Crippen LogP contribution in [0.25, 0.3) is 0 Å². The minimum absolute atomic E-state index is 0.